The first-order valence-corrected chi connectivity index (χ1v) is 4.24. The third kappa shape index (κ3) is 1.62. The number of rotatable bonds is 2. The molecule has 0 aliphatic carbocycles. The second kappa shape index (κ2) is 3.45. The van der Waals surface area contributed by atoms with Gasteiger partial charge < -0.3 is 0 Å². The number of nitrogens with zero attached hydrogens (tertiary/aromatic N) is 3. The molecule has 0 saturated heterocycles. The third-order valence-corrected chi connectivity index (χ3v) is 1.97. The Balaban J connectivity index is 2.13. The van der Waals surface area contributed by atoms with E-state index < -0.39 is 0 Å². The van der Waals surface area contributed by atoms with Gasteiger partial charge in [0.1, 0.15) is 6.34 Å². The van der Waals surface area contributed by atoms with Gasteiger partial charge in [-0.25, -0.2) is 11.0 Å². The average Bonchev–Trinajstić information content (AvgIpc) is 2.71. The van der Waals surface area contributed by atoms with Crippen molar-refractivity contribution in [2.24, 2.45) is 10.8 Å². The topological polar surface area (TPSA) is 44.9 Å². The summed E-state index contributed by atoms with van der Waals surface area (Å²) in [6.45, 7) is 1.67. The zero-order valence-corrected chi connectivity index (χ0v) is 7.30. The fraction of sp³-hybridized carbons (Fsp3) is 0.222. The van der Waals surface area contributed by atoms with Crippen molar-refractivity contribution in [1.29, 1.82) is 0 Å². The highest BCUT2D eigenvalue weighted by Gasteiger charge is 2.11. The first kappa shape index (κ1) is 8.07. The molecule has 4 heteroatoms. The Morgan fingerprint density at radius 3 is 2.69 bits per heavy atom. The molecule has 0 saturated carbocycles. The van der Waals surface area contributed by atoms with Gasteiger partial charge in [0.25, 0.3) is 0 Å². The summed E-state index contributed by atoms with van der Waals surface area (Å²) in [7, 11) is 0. The Morgan fingerprint density at radius 1 is 1.31 bits per heavy atom. The standard InChI is InChI=1S/C9H12N4/c10-13(12-7-6-11-8-12)9-4-2-1-3-5-9/h1-5,8H,6-7,10H2. The first-order chi connectivity index (χ1) is 6.38. The van der Waals surface area contributed by atoms with E-state index in [0.717, 1.165) is 18.8 Å². The molecule has 1 aromatic carbocycles. The smallest absolute Gasteiger partial charge is 0.106 e. The largest absolute Gasteiger partial charge is 0.272 e. The van der Waals surface area contributed by atoms with Crippen LogP contribution in [0, 0.1) is 0 Å². The molecule has 1 heterocycles. The molecule has 13 heavy (non-hydrogen) atoms. The van der Waals surface area contributed by atoms with Crippen LogP contribution in [0.1, 0.15) is 0 Å². The molecule has 0 spiro atoms. The van der Waals surface area contributed by atoms with Gasteiger partial charge in [-0.3, -0.25) is 10.0 Å². The normalized spacial score (nSPS) is 15.0. The van der Waals surface area contributed by atoms with E-state index in [1.54, 1.807) is 11.5 Å². The monoisotopic (exact) mass is 176 g/mol. The van der Waals surface area contributed by atoms with E-state index in [0.29, 0.717) is 0 Å². The van der Waals surface area contributed by atoms with Crippen LogP contribution >= 0.6 is 0 Å². The van der Waals surface area contributed by atoms with Crippen molar-refractivity contribution in [1.82, 2.24) is 5.01 Å². The minimum atomic E-state index is 0.820. The minimum Gasteiger partial charge on any atom is -0.272 e. The van der Waals surface area contributed by atoms with Crippen LogP contribution in [0.4, 0.5) is 5.69 Å². The second-order valence-electron chi connectivity index (χ2n) is 2.86. The van der Waals surface area contributed by atoms with Gasteiger partial charge in [-0.15, -0.1) is 0 Å². The Kier molecular flexibility index (Phi) is 2.14. The summed E-state index contributed by atoms with van der Waals surface area (Å²) in [5.74, 6) is 5.87. The Morgan fingerprint density at radius 2 is 2.08 bits per heavy atom. The quantitative estimate of drug-likeness (QED) is 0.531. The summed E-state index contributed by atoms with van der Waals surface area (Å²) in [5.41, 5.74) is 0.968. The van der Waals surface area contributed by atoms with Gasteiger partial charge in [-0.1, -0.05) is 18.2 Å². The van der Waals surface area contributed by atoms with Crippen LogP contribution in [0.3, 0.4) is 0 Å². The lowest BCUT2D eigenvalue weighted by Crippen LogP contribution is -2.46. The zero-order valence-electron chi connectivity index (χ0n) is 7.30. The molecule has 4 nitrogen and oxygen atoms in total. The highest BCUT2D eigenvalue weighted by Crippen LogP contribution is 2.11. The summed E-state index contributed by atoms with van der Waals surface area (Å²) in [6, 6.07) is 9.82. The van der Waals surface area contributed by atoms with Crippen LogP contribution in [0.2, 0.25) is 0 Å². The lowest BCUT2D eigenvalue weighted by molar-refractivity contribution is 0.432. The van der Waals surface area contributed by atoms with Gasteiger partial charge >= 0.3 is 0 Å². The third-order valence-electron chi connectivity index (χ3n) is 1.97. The van der Waals surface area contributed by atoms with Crippen molar-refractivity contribution in [2.75, 3.05) is 18.2 Å². The van der Waals surface area contributed by atoms with Crippen molar-refractivity contribution in [2.45, 2.75) is 0 Å². The fourth-order valence-corrected chi connectivity index (χ4v) is 1.26. The van der Waals surface area contributed by atoms with Crippen molar-refractivity contribution in [3.63, 3.8) is 0 Å². The number of hydrogen-bond donors (Lipinski definition) is 1. The van der Waals surface area contributed by atoms with Crippen LogP contribution in [0.25, 0.3) is 0 Å². The number of aliphatic imine (C=N–C) groups is 1. The Hall–Kier alpha value is -1.55. The van der Waals surface area contributed by atoms with Crippen molar-refractivity contribution < 1.29 is 0 Å². The van der Waals surface area contributed by atoms with Crippen LogP contribution < -0.4 is 11.0 Å². The molecular formula is C9H12N4. The van der Waals surface area contributed by atoms with Gasteiger partial charge in [-0.05, 0) is 12.1 Å². The van der Waals surface area contributed by atoms with E-state index in [2.05, 4.69) is 4.99 Å². The fourth-order valence-electron chi connectivity index (χ4n) is 1.26. The van der Waals surface area contributed by atoms with Crippen LogP contribution in [-0.2, 0) is 0 Å². The van der Waals surface area contributed by atoms with Gasteiger partial charge in [0, 0.05) is 0 Å². The summed E-state index contributed by atoms with van der Waals surface area (Å²) in [6.07, 6.45) is 1.76. The molecule has 0 radical (unpaired) electrons. The number of para-hydroxylation sites is 1. The number of benzene rings is 1. The molecule has 0 atom stereocenters. The van der Waals surface area contributed by atoms with Gasteiger partial charge in [0.15, 0.2) is 0 Å². The summed E-state index contributed by atoms with van der Waals surface area (Å²) in [4.78, 5) is 4.09. The Bertz CT molecular complexity index is 296. The van der Waals surface area contributed by atoms with E-state index in [4.69, 9.17) is 5.84 Å². The number of anilines is 1. The summed E-state index contributed by atoms with van der Waals surface area (Å²) in [5, 5.41) is 3.49. The van der Waals surface area contributed by atoms with Gasteiger partial charge in [-0.2, -0.15) is 0 Å². The van der Waals surface area contributed by atoms with Crippen LogP contribution in [0.15, 0.2) is 35.3 Å². The maximum Gasteiger partial charge on any atom is 0.106 e. The van der Waals surface area contributed by atoms with E-state index in [9.17, 15) is 0 Å². The average molecular weight is 176 g/mol. The highest BCUT2D eigenvalue weighted by atomic mass is 15.8. The lowest BCUT2D eigenvalue weighted by atomic mass is 10.3. The molecule has 0 aromatic heterocycles. The van der Waals surface area contributed by atoms with E-state index in [1.165, 1.54) is 0 Å². The predicted molar refractivity (Wildman–Crippen MR) is 53.2 cm³/mol. The zero-order chi connectivity index (χ0) is 9.10. The Labute approximate surface area is 77.2 Å². The van der Waals surface area contributed by atoms with E-state index in [-0.39, 0.29) is 0 Å². The molecule has 68 valence electrons. The molecule has 0 bridgehead atoms. The van der Waals surface area contributed by atoms with Crippen LogP contribution in [-0.4, -0.2) is 24.4 Å². The molecule has 2 N–H and O–H groups in total. The van der Waals surface area contributed by atoms with Crippen molar-refractivity contribution in [3.8, 4) is 0 Å². The van der Waals surface area contributed by atoms with Crippen molar-refractivity contribution >= 4 is 12.0 Å². The summed E-state index contributed by atoms with van der Waals surface area (Å²) >= 11 is 0. The van der Waals surface area contributed by atoms with E-state index in [1.807, 2.05) is 35.3 Å². The molecule has 1 aliphatic rings. The molecule has 0 fully saturated rings. The number of hydrogen-bond acceptors (Lipinski definition) is 4. The first-order valence-electron chi connectivity index (χ1n) is 4.24. The van der Waals surface area contributed by atoms with Gasteiger partial charge in [0.2, 0.25) is 0 Å². The summed E-state index contributed by atoms with van der Waals surface area (Å²) < 4.78 is 0. The molecule has 0 unspecified atom stereocenters. The maximum absolute atomic E-state index is 5.87. The molecule has 0 amide bonds. The SMILES string of the molecule is NN(c1ccccc1)N1C=NCC1. The molecule has 2 rings (SSSR count). The highest BCUT2D eigenvalue weighted by molar-refractivity contribution is 5.61. The van der Waals surface area contributed by atoms with Gasteiger partial charge in [0.05, 0.1) is 18.8 Å². The lowest BCUT2D eigenvalue weighted by Gasteiger charge is -2.27. The van der Waals surface area contributed by atoms with Crippen LogP contribution in [0.5, 0.6) is 0 Å². The molecular weight excluding hydrogens is 164 g/mol. The maximum atomic E-state index is 5.87. The van der Waals surface area contributed by atoms with E-state index >= 15 is 0 Å². The number of hydrazine groups is 2. The molecule has 1 aromatic rings. The predicted octanol–water partition coefficient (Wildman–Crippen LogP) is 0.626. The number of nitrogens with two attached hydrogens (primary N) is 1. The van der Waals surface area contributed by atoms with Crippen molar-refractivity contribution in [3.05, 3.63) is 30.3 Å². The minimum absolute atomic E-state index is 0.820. The second-order valence-corrected chi connectivity index (χ2v) is 2.86. The molecule has 1 aliphatic heterocycles.